The highest BCUT2D eigenvalue weighted by atomic mass is 32.2. The number of benzene rings is 2. The molecule has 2 aliphatic rings. The van der Waals surface area contributed by atoms with E-state index in [0.29, 0.717) is 6.54 Å². The number of hydrogen-bond donors (Lipinski definition) is 3. The summed E-state index contributed by atoms with van der Waals surface area (Å²) in [5.74, 6) is -1.18. The van der Waals surface area contributed by atoms with Gasteiger partial charge in [-0.1, -0.05) is 30.3 Å². The summed E-state index contributed by atoms with van der Waals surface area (Å²) in [5.41, 5.74) is 7.49. The minimum Gasteiger partial charge on any atom is -0.444 e. The van der Waals surface area contributed by atoms with Crippen molar-refractivity contribution in [1.29, 1.82) is 0 Å². The zero-order valence-corrected chi connectivity index (χ0v) is 23.6. The van der Waals surface area contributed by atoms with Gasteiger partial charge in [-0.25, -0.2) is 13.3 Å². The van der Waals surface area contributed by atoms with Crippen LogP contribution in [-0.4, -0.2) is 63.9 Å². The SMILES string of the molecule is CN1Cc2cc(-c3ccc(C[C@H](NC(=O)C4(NC(=O)OC(C)(C)C)CCOCC4)C(N)=O)cc3)ccc2S1=O. The number of hydrogen-bond acceptors (Lipinski definition) is 6. The number of nitrogens with two attached hydrogens (primary N) is 1. The number of amides is 3. The Bertz CT molecular complexity index is 1270. The van der Waals surface area contributed by atoms with Gasteiger partial charge in [0, 0.05) is 46.1 Å². The number of alkyl carbamates (subject to hydrolysis) is 1. The first kappa shape index (κ1) is 28.7. The first-order chi connectivity index (χ1) is 18.4. The third kappa shape index (κ3) is 6.84. The van der Waals surface area contributed by atoms with Crippen LogP contribution in [-0.2, 0) is 43.0 Å². The van der Waals surface area contributed by atoms with Crippen LogP contribution in [0.2, 0.25) is 0 Å². The molecule has 0 radical (unpaired) electrons. The molecular formula is C28H36N4O6S. The van der Waals surface area contributed by atoms with Gasteiger partial charge in [-0.05, 0) is 55.2 Å². The lowest BCUT2D eigenvalue weighted by atomic mass is 9.88. The molecular weight excluding hydrogens is 520 g/mol. The Morgan fingerprint density at radius 2 is 1.74 bits per heavy atom. The van der Waals surface area contributed by atoms with E-state index in [4.69, 9.17) is 15.2 Å². The summed E-state index contributed by atoms with van der Waals surface area (Å²) in [6, 6.07) is 12.6. The van der Waals surface area contributed by atoms with Gasteiger partial charge in [-0.3, -0.25) is 9.59 Å². The number of carbonyl (C=O) groups excluding carboxylic acids is 3. The van der Waals surface area contributed by atoms with Crippen molar-refractivity contribution in [3.8, 4) is 11.1 Å². The van der Waals surface area contributed by atoms with Crippen LogP contribution in [0.15, 0.2) is 47.4 Å². The van der Waals surface area contributed by atoms with Crippen molar-refractivity contribution in [3.63, 3.8) is 0 Å². The second kappa shape index (κ2) is 11.4. The Kier molecular flexibility index (Phi) is 8.43. The number of rotatable bonds is 7. The van der Waals surface area contributed by atoms with Crippen molar-refractivity contribution in [2.45, 2.75) is 68.7 Å². The lowest BCUT2D eigenvalue weighted by Gasteiger charge is -2.37. The third-order valence-corrected chi connectivity index (χ3v) is 8.29. The van der Waals surface area contributed by atoms with Crippen LogP contribution < -0.4 is 16.4 Å². The van der Waals surface area contributed by atoms with Gasteiger partial charge in [-0.2, -0.15) is 0 Å². The van der Waals surface area contributed by atoms with E-state index in [1.807, 2.05) is 49.5 Å². The van der Waals surface area contributed by atoms with Gasteiger partial charge < -0.3 is 25.8 Å². The summed E-state index contributed by atoms with van der Waals surface area (Å²) in [5, 5.41) is 5.47. The first-order valence-corrected chi connectivity index (χ1v) is 14.0. The molecule has 4 rings (SSSR count). The number of ether oxygens (including phenoxy) is 2. The van der Waals surface area contributed by atoms with Gasteiger partial charge >= 0.3 is 6.09 Å². The molecule has 1 unspecified atom stereocenters. The van der Waals surface area contributed by atoms with Gasteiger partial charge in [0.15, 0.2) is 0 Å². The predicted octanol–water partition coefficient (Wildman–Crippen LogP) is 2.41. The predicted molar refractivity (Wildman–Crippen MR) is 147 cm³/mol. The number of fused-ring (bicyclic) bond motifs is 1. The van der Waals surface area contributed by atoms with Gasteiger partial charge in [0.05, 0.1) is 4.90 Å². The fraction of sp³-hybridized carbons (Fsp3) is 0.464. The Hall–Kier alpha value is -3.28. The van der Waals surface area contributed by atoms with Crippen LogP contribution >= 0.6 is 0 Å². The average molecular weight is 557 g/mol. The highest BCUT2D eigenvalue weighted by Crippen LogP contribution is 2.30. The highest BCUT2D eigenvalue weighted by Gasteiger charge is 2.43. The lowest BCUT2D eigenvalue weighted by molar-refractivity contribution is -0.135. The fourth-order valence-electron chi connectivity index (χ4n) is 4.74. The average Bonchev–Trinajstić information content (AvgIpc) is 3.15. The van der Waals surface area contributed by atoms with E-state index in [1.165, 1.54) is 0 Å². The Labute approximate surface area is 231 Å². The molecule has 2 aromatic rings. The molecule has 2 atom stereocenters. The zero-order valence-electron chi connectivity index (χ0n) is 22.7. The minimum absolute atomic E-state index is 0.189. The zero-order chi connectivity index (χ0) is 28.4. The van der Waals surface area contributed by atoms with E-state index < -0.39 is 46.1 Å². The number of nitrogens with one attached hydrogen (secondary N) is 2. The minimum atomic E-state index is -1.27. The normalized spacial score (nSPS) is 19.5. The van der Waals surface area contributed by atoms with Gasteiger partial charge in [0.25, 0.3) is 0 Å². The molecule has 39 heavy (non-hydrogen) atoms. The van der Waals surface area contributed by atoms with Gasteiger partial charge in [0.1, 0.15) is 28.2 Å². The van der Waals surface area contributed by atoms with Crippen molar-refractivity contribution in [3.05, 3.63) is 53.6 Å². The number of carbonyl (C=O) groups is 3. The smallest absolute Gasteiger partial charge is 0.408 e. The van der Waals surface area contributed by atoms with Crippen LogP contribution in [0.1, 0.15) is 44.7 Å². The molecule has 11 heteroatoms. The Morgan fingerprint density at radius 1 is 1.10 bits per heavy atom. The van der Waals surface area contributed by atoms with E-state index >= 15 is 0 Å². The molecule has 3 amide bonds. The van der Waals surface area contributed by atoms with Crippen molar-refractivity contribution in [1.82, 2.24) is 14.9 Å². The van der Waals surface area contributed by atoms with E-state index in [2.05, 4.69) is 10.6 Å². The van der Waals surface area contributed by atoms with Crippen LogP contribution in [0, 0.1) is 0 Å². The fourth-order valence-corrected chi connectivity index (χ4v) is 5.86. The highest BCUT2D eigenvalue weighted by molar-refractivity contribution is 7.83. The monoisotopic (exact) mass is 556 g/mol. The molecule has 1 saturated heterocycles. The summed E-state index contributed by atoms with van der Waals surface area (Å²) < 4.78 is 24.9. The molecule has 0 aliphatic carbocycles. The summed E-state index contributed by atoms with van der Waals surface area (Å²) in [4.78, 5) is 39.1. The van der Waals surface area contributed by atoms with Gasteiger partial charge in [-0.15, -0.1) is 0 Å². The maximum atomic E-state index is 13.4. The second-order valence-electron chi connectivity index (χ2n) is 11.0. The molecule has 210 valence electrons. The maximum absolute atomic E-state index is 13.4. The quantitative estimate of drug-likeness (QED) is 0.479. The van der Waals surface area contributed by atoms with E-state index in [-0.39, 0.29) is 32.5 Å². The molecule has 2 aliphatic heterocycles. The standard InChI is InChI=1S/C28H36N4O6S/c1-27(2,3)38-26(35)31-28(11-13-37-14-12-28)25(34)30-22(24(29)33)15-18-5-7-19(8-6-18)20-9-10-23-21(16-20)17-32(4)39(23)36/h5-10,16,22H,11-15,17H2,1-4H3,(H2,29,33)(H,30,34)(H,31,35)/t22-,39?/m0/s1. The van der Waals surface area contributed by atoms with Crippen molar-refractivity contribution in [2.75, 3.05) is 20.3 Å². The third-order valence-electron chi connectivity index (χ3n) is 6.82. The van der Waals surface area contributed by atoms with Crippen molar-refractivity contribution in [2.24, 2.45) is 5.73 Å². The lowest BCUT2D eigenvalue weighted by Crippen LogP contribution is -2.64. The number of primary amides is 1. The Balaban J connectivity index is 1.46. The molecule has 0 saturated carbocycles. The van der Waals surface area contributed by atoms with Crippen LogP contribution in [0.5, 0.6) is 0 Å². The molecule has 10 nitrogen and oxygen atoms in total. The summed E-state index contributed by atoms with van der Waals surface area (Å²) in [6.07, 6.45) is -0.0469. The van der Waals surface area contributed by atoms with Crippen LogP contribution in [0.3, 0.4) is 0 Å². The molecule has 2 aromatic carbocycles. The topological polar surface area (TPSA) is 140 Å². The first-order valence-electron chi connectivity index (χ1n) is 12.9. The summed E-state index contributed by atoms with van der Waals surface area (Å²) >= 11 is 0. The molecule has 2 heterocycles. The molecule has 0 bridgehead atoms. The summed E-state index contributed by atoms with van der Waals surface area (Å²) in [7, 11) is 0.707. The van der Waals surface area contributed by atoms with E-state index in [1.54, 1.807) is 25.1 Å². The molecule has 0 spiro atoms. The van der Waals surface area contributed by atoms with Crippen LogP contribution in [0.4, 0.5) is 4.79 Å². The molecule has 1 fully saturated rings. The van der Waals surface area contributed by atoms with Crippen LogP contribution in [0.25, 0.3) is 11.1 Å². The molecule has 0 aromatic heterocycles. The maximum Gasteiger partial charge on any atom is 0.408 e. The number of nitrogens with zero attached hydrogens (tertiary/aromatic N) is 1. The Morgan fingerprint density at radius 3 is 2.36 bits per heavy atom. The van der Waals surface area contributed by atoms with Gasteiger partial charge in [0.2, 0.25) is 11.8 Å². The second-order valence-corrected chi connectivity index (χ2v) is 12.6. The summed E-state index contributed by atoms with van der Waals surface area (Å²) in [6.45, 7) is 6.40. The molecule has 4 N–H and O–H groups in total. The largest absolute Gasteiger partial charge is 0.444 e. The van der Waals surface area contributed by atoms with Crippen molar-refractivity contribution >= 4 is 28.9 Å². The van der Waals surface area contributed by atoms with Crippen molar-refractivity contribution < 1.29 is 28.1 Å². The van der Waals surface area contributed by atoms with E-state index in [0.717, 1.165) is 27.1 Å². The van der Waals surface area contributed by atoms with E-state index in [9.17, 15) is 18.6 Å².